The number of rotatable bonds is 7. The molecule has 0 aliphatic rings. The van der Waals surface area contributed by atoms with E-state index in [2.05, 4.69) is 16.2 Å². The second kappa shape index (κ2) is 10.8. The molecule has 2 amide bonds. The van der Waals surface area contributed by atoms with Gasteiger partial charge in [0.15, 0.2) is 18.3 Å². The van der Waals surface area contributed by atoms with Crippen molar-refractivity contribution >= 4 is 39.9 Å². The Morgan fingerprint density at radius 3 is 2.13 bits per heavy atom. The number of carbonyl (C=O) groups is 2. The van der Waals surface area contributed by atoms with Crippen LogP contribution in [0.2, 0.25) is 0 Å². The Bertz CT molecular complexity index is 1070. The summed E-state index contributed by atoms with van der Waals surface area (Å²) in [5.74, 6) is 0.827. The second-order valence-corrected chi connectivity index (χ2v) is 6.72. The molecule has 0 fully saturated rings. The maximum absolute atomic E-state index is 12.0. The van der Waals surface area contributed by atoms with Crippen molar-refractivity contribution < 1.29 is 23.8 Å². The summed E-state index contributed by atoms with van der Waals surface area (Å²) >= 11 is 4.98. The van der Waals surface area contributed by atoms with Crippen LogP contribution in [0.25, 0.3) is 10.8 Å². The van der Waals surface area contributed by atoms with Crippen molar-refractivity contribution in [2.24, 2.45) is 0 Å². The third kappa shape index (κ3) is 6.86. The zero-order chi connectivity index (χ0) is 22.1. The third-order valence-electron chi connectivity index (χ3n) is 4.09. The maximum atomic E-state index is 12.0. The summed E-state index contributed by atoms with van der Waals surface area (Å²) in [6, 6.07) is 20.2. The van der Waals surface area contributed by atoms with Gasteiger partial charge < -0.3 is 14.2 Å². The first-order valence-electron chi connectivity index (χ1n) is 9.30. The van der Waals surface area contributed by atoms with Crippen LogP contribution in [0.15, 0.2) is 66.7 Å². The summed E-state index contributed by atoms with van der Waals surface area (Å²) in [7, 11) is 1.56. The van der Waals surface area contributed by atoms with Crippen molar-refractivity contribution in [1.29, 1.82) is 0 Å². The van der Waals surface area contributed by atoms with Crippen LogP contribution in [0.5, 0.6) is 17.2 Å². The number of benzene rings is 3. The molecule has 0 spiro atoms. The molecule has 0 unspecified atom stereocenters. The van der Waals surface area contributed by atoms with Gasteiger partial charge in [-0.2, -0.15) is 0 Å². The van der Waals surface area contributed by atoms with E-state index in [0.29, 0.717) is 17.2 Å². The highest BCUT2D eigenvalue weighted by Crippen LogP contribution is 2.20. The van der Waals surface area contributed by atoms with Gasteiger partial charge in [0.25, 0.3) is 11.8 Å². The van der Waals surface area contributed by atoms with Crippen molar-refractivity contribution in [2.75, 3.05) is 20.3 Å². The molecule has 31 heavy (non-hydrogen) atoms. The van der Waals surface area contributed by atoms with Crippen LogP contribution in [0.4, 0.5) is 0 Å². The van der Waals surface area contributed by atoms with E-state index < -0.39 is 11.8 Å². The molecule has 9 heteroatoms. The van der Waals surface area contributed by atoms with Gasteiger partial charge >= 0.3 is 0 Å². The summed E-state index contributed by atoms with van der Waals surface area (Å²) in [6.45, 7) is -0.463. The number of thiocarbonyl (C=S) groups is 1. The Kier molecular flexibility index (Phi) is 7.61. The van der Waals surface area contributed by atoms with Gasteiger partial charge in [0, 0.05) is 0 Å². The van der Waals surface area contributed by atoms with Crippen molar-refractivity contribution in [2.45, 2.75) is 0 Å². The predicted molar refractivity (Wildman–Crippen MR) is 120 cm³/mol. The summed E-state index contributed by atoms with van der Waals surface area (Å²) in [6.07, 6.45) is 0. The van der Waals surface area contributed by atoms with Crippen molar-refractivity contribution in [3.63, 3.8) is 0 Å². The number of fused-ring (bicyclic) bond motifs is 1. The summed E-state index contributed by atoms with van der Waals surface area (Å²) in [5.41, 5.74) is 4.77. The fourth-order valence-electron chi connectivity index (χ4n) is 2.58. The van der Waals surface area contributed by atoms with Crippen LogP contribution >= 0.6 is 12.2 Å². The van der Waals surface area contributed by atoms with E-state index in [4.69, 9.17) is 26.4 Å². The molecule has 3 aromatic carbocycles. The van der Waals surface area contributed by atoms with Gasteiger partial charge in [-0.15, -0.1) is 0 Å². The lowest BCUT2D eigenvalue weighted by atomic mass is 10.1. The number of ether oxygens (including phenoxy) is 3. The standard InChI is InChI=1S/C22H21N3O5S/c1-28-17-8-10-18(11-9-17)29-14-21(27)24-25-22(31)23-20(26)13-30-19-7-6-15-4-2-3-5-16(15)12-19/h2-12H,13-14H2,1H3,(H,24,27)(H2,23,25,26,31). The summed E-state index contributed by atoms with van der Waals surface area (Å²) < 4.78 is 15.9. The predicted octanol–water partition coefficient (Wildman–Crippen LogP) is 2.33. The molecule has 0 aromatic heterocycles. The fourth-order valence-corrected chi connectivity index (χ4v) is 2.75. The Balaban J connectivity index is 1.35. The summed E-state index contributed by atoms with van der Waals surface area (Å²) in [5, 5.41) is 4.44. The van der Waals surface area contributed by atoms with Gasteiger partial charge in [-0.05, 0) is 59.4 Å². The molecule has 0 aliphatic carbocycles. The molecule has 0 heterocycles. The van der Waals surface area contributed by atoms with Crippen molar-refractivity contribution in [3.8, 4) is 17.2 Å². The average Bonchev–Trinajstić information content (AvgIpc) is 2.80. The molecule has 3 rings (SSSR count). The first kappa shape index (κ1) is 21.8. The van der Waals surface area contributed by atoms with Gasteiger partial charge in [0.05, 0.1) is 7.11 Å². The monoisotopic (exact) mass is 439 g/mol. The van der Waals surface area contributed by atoms with Crippen LogP contribution in [0.3, 0.4) is 0 Å². The molecule has 3 N–H and O–H groups in total. The molecule has 160 valence electrons. The fraction of sp³-hybridized carbons (Fsp3) is 0.136. The first-order valence-corrected chi connectivity index (χ1v) is 9.71. The second-order valence-electron chi connectivity index (χ2n) is 6.31. The number of amides is 2. The Morgan fingerprint density at radius 2 is 1.39 bits per heavy atom. The molecule has 0 radical (unpaired) electrons. The molecule has 0 saturated carbocycles. The summed E-state index contributed by atoms with van der Waals surface area (Å²) in [4.78, 5) is 23.8. The first-order chi connectivity index (χ1) is 15.0. The smallest absolute Gasteiger partial charge is 0.276 e. The van der Waals surface area contributed by atoms with Crippen LogP contribution in [-0.2, 0) is 9.59 Å². The molecule has 3 aromatic rings. The Labute approximate surface area is 184 Å². The van der Waals surface area contributed by atoms with Crippen LogP contribution in [0.1, 0.15) is 0 Å². The van der Waals surface area contributed by atoms with E-state index in [1.807, 2.05) is 36.4 Å². The van der Waals surface area contributed by atoms with Gasteiger partial charge in [0.1, 0.15) is 17.2 Å². The minimum absolute atomic E-state index is 0.0649. The molecule has 0 aliphatic heterocycles. The molecular formula is C22H21N3O5S. The zero-order valence-electron chi connectivity index (χ0n) is 16.7. The van der Waals surface area contributed by atoms with Gasteiger partial charge in [-0.25, -0.2) is 0 Å². The lowest BCUT2D eigenvalue weighted by Gasteiger charge is -2.12. The SMILES string of the molecule is COc1ccc(OCC(=O)NNC(=S)NC(=O)COc2ccc3ccccc3c2)cc1. The minimum Gasteiger partial charge on any atom is -0.497 e. The lowest BCUT2D eigenvalue weighted by Crippen LogP contribution is -2.50. The highest BCUT2D eigenvalue weighted by Gasteiger charge is 2.08. The van der Waals surface area contributed by atoms with E-state index >= 15 is 0 Å². The molecule has 0 saturated heterocycles. The van der Waals surface area contributed by atoms with E-state index in [1.54, 1.807) is 37.4 Å². The third-order valence-corrected chi connectivity index (χ3v) is 4.29. The molecular weight excluding hydrogens is 418 g/mol. The number of methoxy groups -OCH3 is 1. The van der Waals surface area contributed by atoms with Crippen molar-refractivity contribution in [1.82, 2.24) is 16.2 Å². The van der Waals surface area contributed by atoms with Gasteiger partial charge in [-0.3, -0.25) is 25.8 Å². The topological polar surface area (TPSA) is 97.9 Å². The molecule has 0 bridgehead atoms. The van der Waals surface area contributed by atoms with E-state index in [0.717, 1.165) is 10.8 Å². The minimum atomic E-state index is -0.472. The largest absolute Gasteiger partial charge is 0.497 e. The van der Waals surface area contributed by atoms with Crippen molar-refractivity contribution in [3.05, 3.63) is 66.7 Å². The highest BCUT2D eigenvalue weighted by atomic mass is 32.1. The maximum Gasteiger partial charge on any atom is 0.276 e. The number of hydrazine groups is 1. The number of carbonyl (C=O) groups excluding carboxylic acids is 2. The average molecular weight is 439 g/mol. The van der Waals surface area contributed by atoms with Gasteiger partial charge in [0.2, 0.25) is 0 Å². The van der Waals surface area contributed by atoms with Crippen LogP contribution < -0.4 is 30.4 Å². The number of nitrogens with one attached hydrogen (secondary N) is 3. The zero-order valence-corrected chi connectivity index (χ0v) is 17.5. The Morgan fingerprint density at radius 1 is 0.774 bits per heavy atom. The highest BCUT2D eigenvalue weighted by molar-refractivity contribution is 7.80. The van der Waals surface area contributed by atoms with E-state index in [9.17, 15) is 9.59 Å². The van der Waals surface area contributed by atoms with Crippen LogP contribution in [0, 0.1) is 0 Å². The number of hydrogen-bond donors (Lipinski definition) is 3. The molecule has 8 nitrogen and oxygen atoms in total. The Hall–Kier alpha value is -3.85. The lowest BCUT2D eigenvalue weighted by molar-refractivity contribution is -0.124. The number of hydrogen-bond acceptors (Lipinski definition) is 6. The van der Waals surface area contributed by atoms with E-state index in [1.165, 1.54) is 0 Å². The molecule has 0 atom stereocenters. The van der Waals surface area contributed by atoms with Crippen LogP contribution in [-0.4, -0.2) is 37.3 Å². The normalized spacial score (nSPS) is 10.1. The quantitative estimate of drug-likeness (QED) is 0.384. The van der Waals surface area contributed by atoms with E-state index in [-0.39, 0.29) is 18.3 Å². The van der Waals surface area contributed by atoms with Gasteiger partial charge in [-0.1, -0.05) is 30.3 Å².